The highest BCUT2D eigenvalue weighted by molar-refractivity contribution is 5.93. The zero-order valence-electron chi connectivity index (χ0n) is 15.6. The highest BCUT2D eigenvalue weighted by atomic mass is 16.5. The van der Waals surface area contributed by atoms with E-state index in [-0.39, 0.29) is 17.9 Å². The summed E-state index contributed by atoms with van der Waals surface area (Å²) in [7, 11) is 0. The Balaban J connectivity index is 2.05. The first kappa shape index (κ1) is 19.3. The van der Waals surface area contributed by atoms with Gasteiger partial charge in [-0.1, -0.05) is 32.9 Å². The first-order valence-corrected chi connectivity index (χ1v) is 8.53. The summed E-state index contributed by atoms with van der Waals surface area (Å²) in [5.74, 6) is 0.847. The third kappa shape index (κ3) is 5.25. The van der Waals surface area contributed by atoms with E-state index in [1.54, 1.807) is 18.2 Å². The second-order valence-corrected chi connectivity index (χ2v) is 6.87. The summed E-state index contributed by atoms with van der Waals surface area (Å²) in [6.45, 7) is 8.55. The second-order valence-electron chi connectivity index (χ2n) is 6.87. The minimum absolute atomic E-state index is 0.00571. The zero-order valence-corrected chi connectivity index (χ0v) is 15.6. The summed E-state index contributed by atoms with van der Waals surface area (Å²) in [5.41, 5.74) is 2.05. The highest BCUT2D eigenvalue weighted by Gasteiger charge is 2.15. The number of ether oxygens (including phenoxy) is 2. The molecular weight excluding hydrogens is 328 g/mol. The molecule has 0 aliphatic heterocycles. The van der Waals surface area contributed by atoms with Crippen LogP contribution in [0.15, 0.2) is 42.5 Å². The van der Waals surface area contributed by atoms with E-state index in [9.17, 15) is 4.79 Å². The zero-order chi connectivity index (χ0) is 19.2. The Bertz CT molecular complexity index is 817. The molecular formula is C21H24N2O3. The molecule has 0 aromatic heterocycles. The topological polar surface area (TPSA) is 71.3 Å². The molecule has 0 radical (unpaired) electrons. The van der Waals surface area contributed by atoms with Gasteiger partial charge >= 0.3 is 0 Å². The van der Waals surface area contributed by atoms with Gasteiger partial charge in [0.1, 0.15) is 11.5 Å². The molecule has 0 aliphatic carbocycles. The lowest BCUT2D eigenvalue weighted by Gasteiger charge is -2.19. The SMILES string of the molecule is CCOc1ccc(C#N)cc1NC(=O)COc1cccc(C(C)(C)C)c1. The molecule has 0 atom stereocenters. The minimum atomic E-state index is -0.317. The number of anilines is 1. The molecule has 2 aromatic rings. The van der Waals surface area contributed by atoms with E-state index in [2.05, 4.69) is 26.1 Å². The summed E-state index contributed by atoms with van der Waals surface area (Å²) in [4.78, 5) is 12.2. The van der Waals surface area contributed by atoms with Crippen LogP contribution >= 0.6 is 0 Å². The molecule has 0 saturated heterocycles. The van der Waals surface area contributed by atoms with Crippen LogP contribution in [0.1, 0.15) is 38.8 Å². The van der Waals surface area contributed by atoms with Gasteiger partial charge in [-0.2, -0.15) is 5.26 Å². The molecule has 2 rings (SSSR count). The summed E-state index contributed by atoms with van der Waals surface area (Å²) >= 11 is 0. The van der Waals surface area contributed by atoms with Crippen LogP contribution in [0.5, 0.6) is 11.5 Å². The fourth-order valence-corrected chi connectivity index (χ4v) is 2.37. The number of hydrogen-bond donors (Lipinski definition) is 1. The smallest absolute Gasteiger partial charge is 0.262 e. The first-order valence-electron chi connectivity index (χ1n) is 8.53. The number of nitrogens with zero attached hydrogens (tertiary/aromatic N) is 1. The molecule has 5 heteroatoms. The van der Waals surface area contributed by atoms with E-state index < -0.39 is 0 Å². The van der Waals surface area contributed by atoms with Crippen LogP contribution in [0.3, 0.4) is 0 Å². The van der Waals surface area contributed by atoms with Crippen molar-refractivity contribution in [3.05, 3.63) is 53.6 Å². The Hall–Kier alpha value is -3.00. The maximum absolute atomic E-state index is 12.2. The fraction of sp³-hybridized carbons (Fsp3) is 0.333. The van der Waals surface area contributed by atoms with Crippen molar-refractivity contribution in [2.45, 2.75) is 33.1 Å². The molecule has 5 nitrogen and oxygen atoms in total. The lowest BCUT2D eigenvalue weighted by atomic mass is 9.87. The predicted molar refractivity (Wildman–Crippen MR) is 102 cm³/mol. The van der Waals surface area contributed by atoms with Gasteiger partial charge in [0.2, 0.25) is 0 Å². The van der Waals surface area contributed by atoms with Gasteiger partial charge in [0.25, 0.3) is 5.91 Å². The van der Waals surface area contributed by atoms with Gasteiger partial charge in [0, 0.05) is 0 Å². The van der Waals surface area contributed by atoms with E-state index in [0.717, 1.165) is 5.56 Å². The number of benzene rings is 2. The Labute approximate surface area is 154 Å². The summed E-state index contributed by atoms with van der Waals surface area (Å²) < 4.78 is 11.1. The van der Waals surface area contributed by atoms with Crippen molar-refractivity contribution in [1.82, 2.24) is 0 Å². The van der Waals surface area contributed by atoms with Gasteiger partial charge < -0.3 is 14.8 Å². The van der Waals surface area contributed by atoms with Gasteiger partial charge in [-0.15, -0.1) is 0 Å². The molecule has 0 spiro atoms. The fourth-order valence-electron chi connectivity index (χ4n) is 2.37. The van der Waals surface area contributed by atoms with Crippen molar-refractivity contribution in [2.24, 2.45) is 0 Å². The number of hydrogen-bond acceptors (Lipinski definition) is 4. The van der Waals surface area contributed by atoms with Crippen LogP contribution in [0.25, 0.3) is 0 Å². The third-order valence-electron chi connectivity index (χ3n) is 3.75. The average molecular weight is 352 g/mol. The Kier molecular flexibility index (Phi) is 6.24. The van der Waals surface area contributed by atoms with Crippen LogP contribution < -0.4 is 14.8 Å². The molecule has 0 fully saturated rings. The van der Waals surface area contributed by atoms with Crippen LogP contribution in [0.2, 0.25) is 0 Å². The van der Waals surface area contributed by atoms with E-state index in [4.69, 9.17) is 14.7 Å². The molecule has 0 unspecified atom stereocenters. The molecule has 26 heavy (non-hydrogen) atoms. The molecule has 0 bridgehead atoms. The van der Waals surface area contributed by atoms with Crippen LogP contribution in [-0.4, -0.2) is 19.1 Å². The number of amides is 1. The van der Waals surface area contributed by atoms with Crippen molar-refractivity contribution in [3.63, 3.8) is 0 Å². The lowest BCUT2D eigenvalue weighted by molar-refractivity contribution is -0.118. The van der Waals surface area contributed by atoms with E-state index in [1.165, 1.54) is 0 Å². The summed E-state index contributed by atoms with van der Waals surface area (Å²) in [6.07, 6.45) is 0. The number of rotatable bonds is 6. The average Bonchev–Trinajstić information content (AvgIpc) is 2.61. The normalized spacial score (nSPS) is 10.7. The van der Waals surface area contributed by atoms with Gasteiger partial charge in [-0.3, -0.25) is 4.79 Å². The van der Waals surface area contributed by atoms with Crippen molar-refractivity contribution < 1.29 is 14.3 Å². The standard InChI is InChI=1S/C21H24N2O3/c1-5-25-19-10-9-15(13-22)11-18(19)23-20(24)14-26-17-8-6-7-16(12-17)21(2,3)4/h6-12H,5,14H2,1-4H3,(H,23,24). The largest absolute Gasteiger partial charge is 0.492 e. The predicted octanol–water partition coefficient (Wildman–Crippen LogP) is 4.27. The Morgan fingerprint density at radius 3 is 2.58 bits per heavy atom. The molecule has 136 valence electrons. The summed E-state index contributed by atoms with van der Waals surface area (Å²) in [6, 6.07) is 14.7. The van der Waals surface area contributed by atoms with Crippen LogP contribution in [-0.2, 0) is 10.2 Å². The first-order chi connectivity index (χ1) is 12.3. The lowest BCUT2D eigenvalue weighted by Crippen LogP contribution is -2.21. The van der Waals surface area contributed by atoms with Gasteiger partial charge in [0.05, 0.1) is 23.9 Å². The maximum Gasteiger partial charge on any atom is 0.262 e. The monoisotopic (exact) mass is 352 g/mol. The van der Waals surface area contributed by atoms with Crippen molar-refractivity contribution >= 4 is 11.6 Å². The number of carbonyl (C=O) groups is 1. The second kappa shape index (κ2) is 8.39. The van der Waals surface area contributed by atoms with Crippen LogP contribution in [0.4, 0.5) is 5.69 Å². The molecule has 0 aliphatic rings. The minimum Gasteiger partial charge on any atom is -0.492 e. The molecule has 2 aromatic carbocycles. The Morgan fingerprint density at radius 1 is 1.15 bits per heavy atom. The molecule has 0 heterocycles. The van der Waals surface area contributed by atoms with Gasteiger partial charge in [-0.05, 0) is 48.2 Å². The van der Waals surface area contributed by atoms with E-state index in [1.807, 2.05) is 37.3 Å². The number of carbonyl (C=O) groups excluding carboxylic acids is 1. The van der Waals surface area contributed by atoms with Gasteiger partial charge in [0.15, 0.2) is 6.61 Å². The molecule has 0 saturated carbocycles. The summed E-state index contributed by atoms with van der Waals surface area (Å²) in [5, 5.41) is 11.8. The van der Waals surface area contributed by atoms with E-state index >= 15 is 0 Å². The van der Waals surface area contributed by atoms with Crippen molar-refractivity contribution in [1.29, 1.82) is 5.26 Å². The third-order valence-corrected chi connectivity index (χ3v) is 3.75. The van der Waals surface area contributed by atoms with Gasteiger partial charge in [-0.25, -0.2) is 0 Å². The number of nitriles is 1. The quantitative estimate of drug-likeness (QED) is 0.842. The van der Waals surface area contributed by atoms with Crippen molar-refractivity contribution in [2.75, 3.05) is 18.5 Å². The maximum atomic E-state index is 12.2. The van der Waals surface area contributed by atoms with E-state index in [0.29, 0.717) is 29.4 Å². The number of nitrogens with one attached hydrogen (secondary N) is 1. The van der Waals surface area contributed by atoms with Crippen LogP contribution in [0, 0.1) is 11.3 Å². The highest BCUT2D eigenvalue weighted by Crippen LogP contribution is 2.27. The molecule has 1 amide bonds. The van der Waals surface area contributed by atoms with Crippen molar-refractivity contribution in [3.8, 4) is 17.6 Å². The molecule has 1 N–H and O–H groups in total. The Morgan fingerprint density at radius 2 is 1.92 bits per heavy atom.